The van der Waals surface area contributed by atoms with E-state index in [2.05, 4.69) is 17.5 Å². The lowest BCUT2D eigenvalue weighted by Crippen LogP contribution is -2.39. The van der Waals surface area contributed by atoms with Crippen LogP contribution in [-0.4, -0.2) is 23.2 Å². The van der Waals surface area contributed by atoms with E-state index in [-0.39, 0.29) is 12.0 Å². The number of amides is 1. The van der Waals surface area contributed by atoms with Crippen LogP contribution in [0.15, 0.2) is 12.2 Å². The van der Waals surface area contributed by atoms with E-state index in [0.717, 1.165) is 38.5 Å². The average molecular weight is 223 g/mol. The predicted molar refractivity (Wildman–Crippen MR) is 62.9 cm³/mol. The van der Waals surface area contributed by atoms with Crippen molar-refractivity contribution in [2.75, 3.05) is 0 Å². The molecule has 2 aliphatic rings. The van der Waals surface area contributed by atoms with Gasteiger partial charge in [-0.1, -0.05) is 12.2 Å². The van der Waals surface area contributed by atoms with Crippen molar-refractivity contribution in [2.24, 2.45) is 5.92 Å². The Morgan fingerprint density at radius 3 is 2.62 bits per heavy atom. The molecule has 0 aliphatic heterocycles. The SMILES string of the molecule is O=C(CC1C=CCC1)NC1CCC(O)CC1. The van der Waals surface area contributed by atoms with Crippen LogP contribution in [0.1, 0.15) is 44.9 Å². The van der Waals surface area contributed by atoms with Crippen LogP contribution in [0.3, 0.4) is 0 Å². The van der Waals surface area contributed by atoms with Crippen LogP contribution in [0.25, 0.3) is 0 Å². The van der Waals surface area contributed by atoms with Crippen LogP contribution >= 0.6 is 0 Å². The molecule has 1 unspecified atom stereocenters. The van der Waals surface area contributed by atoms with E-state index >= 15 is 0 Å². The molecule has 16 heavy (non-hydrogen) atoms. The zero-order valence-corrected chi connectivity index (χ0v) is 9.69. The number of rotatable bonds is 3. The smallest absolute Gasteiger partial charge is 0.220 e. The standard InChI is InChI=1S/C13H21NO2/c15-12-7-5-11(6-8-12)14-13(16)9-10-3-1-2-4-10/h1,3,10-12,15H,2,4-9H2,(H,14,16). The molecule has 1 amide bonds. The minimum atomic E-state index is -0.147. The number of carbonyl (C=O) groups is 1. The second-order valence-electron chi connectivity index (χ2n) is 5.04. The largest absolute Gasteiger partial charge is 0.393 e. The number of allylic oxidation sites excluding steroid dienone is 2. The molecule has 1 atom stereocenters. The molecule has 0 saturated heterocycles. The molecule has 1 saturated carbocycles. The van der Waals surface area contributed by atoms with E-state index in [0.29, 0.717) is 18.4 Å². The highest BCUT2D eigenvalue weighted by Gasteiger charge is 2.22. The molecule has 2 N–H and O–H groups in total. The third-order valence-corrected chi connectivity index (χ3v) is 3.62. The van der Waals surface area contributed by atoms with E-state index in [4.69, 9.17) is 0 Å². The molecule has 0 radical (unpaired) electrons. The van der Waals surface area contributed by atoms with Gasteiger partial charge < -0.3 is 10.4 Å². The van der Waals surface area contributed by atoms with Crippen LogP contribution in [-0.2, 0) is 4.79 Å². The summed E-state index contributed by atoms with van der Waals surface area (Å²) in [6, 6.07) is 0.293. The second-order valence-corrected chi connectivity index (χ2v) is 5.04. The topological polar surface area (TPSA) is 49.3 Å². The Balaban J connectivity index is 1.68. The van der Waals surface area contributed by atoms with Gasteiger partial charge in [0.15, 0.2) is 0 Å². The number of hydrogen-bond acceptors (Lipinski definition) is 2. The molecule has 0 heterocycles. The number of aliphatic hydroxyl groups excluding tert-OH is 1. The molecule has 3 nitrogen and oxygen atoms in total. The lowest BCUT2D eigenvalue weighted by Gasteiger charge is -2.26. The first-order valence-corrected chi connectivity index (χ1v) is 6.38. The molecule has 90 valence electrons. The molecule has 0 aromatic heterocycles. The van der Waals surface area contributed by atoms with Crippen molar-refractivity contribution in [3.8, 4) is 0 Å². The summed E-state index contributed by atoms with van der Waals surface area (Å²) in [6.07, 6.45) is 10.5. The van der Waals surface area contributed by atoms with Gasteiger partial charge in [0.1, 0.15) is 0 Å². The predicted octanol–water partition coefficient (Wildman–Crippen LogP) is 1.76. The molecule has 0 aromatic carbocycles. The van der Waals surface area contributed by atoms with E-state index in [9.17, 15) is 9.90 Å². The fourth-order valence-electron chi connectivity index (χ4n) is 2.61. The monoisotopic (exact) mass is 223 g/mol. The molecule has 0 spiro atoms. The van der Waals surface area contributed by atoms with Gasteiger partial charge in [0.25, 0.3) is 0 Å². The Bertz CT molecular complexity index is 267. The van der Waals surface area contributed by atoms with E-state index in [1.165, 1.54) is 0 Å². The molecule has 0 aromatic rings. The quantitative estimate of drug-likeness (QED) is 0.716. The average Bonchev–Trinajstić information content (AvgIpc) is 2.74. The summed E-state index contributed by atoms with van der Waals surface area (Å²) in [6.45, 7) is 0. The highest BCUT2D eigenvalue weighted by molar-refractivity contribution is 5.76. The maximum Gasteiger partial charge on any atom is 0.220 e. The Morgan fingerprint density at radius 1 is 1.25 bits per heavy atom. The van der Waals surface area contributed by atoms with E-state index in [1.807, 2.05) is 0 Å². The van der Waals surface area contributed by atoms with Gasteiger partial charge in [-0.05, 0) is 44.4 Å². The Kier molecular flexibility index (Phi) is 3.99. The number of nitrogens with one attached hydrogen (secondary N) is 1. The number of carbonyl (C=O) groups excluding carboxylic acids is 1. The zero-order chi connectivity index (χ0) is 11.4. The summed E-state index contributed by atoms with van der Waals surface area (Å²) < 4.78 is 0. The lowest BCUT2D eigenvalue weighted by molar-refractivity contribution is -0.122. The Hall–Kier alpha value is -0.830. The normalized spacial score (nSPS) is 33.9. The Morgan fingerprint density at radius 2 is 2.00 bits per heavy atom. The van der Waals surface area contributed by atoms with Gasteiger partial charge in [0.05, 0.1) is 6.10 Å². The molecule has 3 heteroatoms. The summed E-state index contributed by atoms with van der Waals surface area (Å²) in [5.74, 6) is 0.632. The molecule has 2 rings (SSSR count). The van der Waals surface area contributed by atoms with Gasteiger partial charge in [0, 0.05) is 12.5 Å². The van der Waals surface area contributed by atoms with Crippen molar-refractivity contribution in [1.29, 1.82) is 0 Å². The van der Waals surface area contributed by atoms with E-state index in [1.54, 1.807) is 0 Å². The van der Waals surface area contributed by atoms with E-state index < -0.39 is 0 Å². The van der Waals surface area contributed by atoms with Crippen LogP contribution in [0.4, 0.5) is 0 Å². The van der Waals surface area contributed by atoms with Crippen molar-refractivity contribution in [2.45, 2.75) is 57.1 Å². The maximum absolute atomic E-state index is 11.7. The third kappa shape index (κ3) is 3.34. The summed E-state index contributed by atoms with van der Waals surface area (Å²) in [5.41, 5.74) is 0. The first kappa shape index (κ1) is 11.6. The molecule has 2 aliphatic carbocycles. The first-order valence-electron chi connectivity index (χ1n) is 6.38. The van der Waals surface area contributed by atoms with Crippen LogP contribution in [0.5, 0.6) is 0 Å². The van der Waals surface area contributed by atoms with Gasteiger partial charge in [0.2, 0.25) is 5.91 Å². The third-order valence-electron chi connectivity index (χ3n) is 3.62. The van der Waals surface area contributed by atoms with Gasteiger partial charge in [-0.2, -0.15) is 0 Å². The minimum Gasteiger partial charge on any atom is -0.393 e. The Labute approximate surface area is 96.9 Å². The summed E-state index contributed by atoms with van der Waals surface area (Å²) in [7, 11) is 0. The molecule has 1 fully saturated rings. The van der Waals surface area contributed by atoms with Gasteiger partial charge in [-0.25, -0.2) is 0 Å². The first-order chi connectivity index (χ1) is 7.74. The fraction of sp³-hybridized carbons (Fsp3) is 0.769. The summed E-state index contributed by atoms with van der Waals surface area (Å²) in [4.78, 5) is 11.7. The molecular weight excluding hydrogens is 202 g/mol. The zero-order valence-electron chi connectivity index (χ0n) is 9.69. The van der Waals surface area contributed by atoms with Crippen LogP contribution in [0, 0.1) is 5.92 Å². The molecule has 0 bridgehead atoms. The number of aliphatic hydroxyl groups is 1. The van der Waals surface area contributed by atoms with Crippen molar-refractivity contribution in [3.05, 3.63) is 12.2 Å². The van der Waals surface area contributed by atoms with Crippen LogP contribution < -0.4 is 5.32 Å². The minimum absolute atomic E-state index is 0.147. The molecular formula is C13H21NO2. The van der Waals surface area contributed by atoms with Crippen molar-refractivity contribution < 1.29 is 9.90 Å². The van der Waals surface area contributed by atoms with Gasteiger partial charge in [-0.3, -0.25) is 4.79 Å². The fourth-order valence-corrected chi connectivity index (χ4v) is 2.61. The number of hydrogen-bond donors (Lipinski definition) is 2. The van der Waals surface area contributed by atoms with Crippen molar-refractivity contribution >= 4 is 5.91 Å². The van der Waals surface area contributed by atoms with Crippen molar-refractivity contribution in [1.82, 2.24) is 5.32 Å². The highest BCUT2D eigenvalue weighted by Crippen LogP contribution is 2.22. The maximum atomic E-state index is 11.7. The second kappa shape index (κ2) is 5.48. The van der Waals surface area contributed by atoms with Crippen LogP contribution in [0.2, 0.25) is 0 Å². The summed E-state index contributed by atoms with van der Waals surface area (Å²) in [5, 5.41) is 12.5. The summed E-state index contributed by atoms with van der Waals surface area (Å²) >= 11 is 0. The van der Waals surface area contributed by atoms with Crippen molar-refractivity contribution in [3.63, 3.8) is 0 Å². The van der Waals surface area contributed by atoms with Gasteiger partial charge in [-0.15, -0.1) is 0 Å². The van der Waals surface area contributed by atoms with Gasteiger partial charge >= 0.3 is 0 Å². The lowest BCUT2D eigenvalue weighted by atomic mass is 9.93. The highest BCUT2D eigenvalue weighted by atomic mass is 16.3.